The van der Waals surface area contributed by atoms with Gasteiger partial charge in [0.2, 0.25) is 0 Å². The second-order valence-electron chi connectivity index (χ2n) is 10.3. The van der Waals surface area contributed by atoms with E-state index in [1.54, 1.807) is 0 Å². The summed E-state index contributed by atoms with van der Waals surface area (Å²) in [5.74, 6) is 0. The van der Waals surface area contributed by atoms with Crippen molar-refractivity contribution in [3.63, 3.8) is 0 Å². The van der Waals surface area contributed by atoms with Crippen LogP contribution < -0.4 is 21.2 Å². The molecular weight excluding hydrogens is 494 g/mol. The molecule has 2 heteroatoms. The van der Waals surface area contributed by atoms with E-state index in [0.29, 0.717) is 0 Å². The van der Waals surface area contributed by atoms with Crippen molar-refractivity contribution in [1.29, 1.82) is 0 Å². The minimum absolute atomic E-state index is 0.966. The summed E-state index contributed by atoms with van der Waals surface area (Å²) < 4.78 is 0. The van der Waals surface area contributed by atoms with E-state index >= 15 is 0 Å². The molecule has 0 atom stereocenters. The predicted molar refractivity (Wildman–Crippen MR) is 173 cm³/mol. The first-order valence-corrected chi connectivity index (χ1v) is 17.5. The van der Waals surface area contributed by atoms with Crippen LogP contribution in [0, 0.1) is 20.8 Å². The maximum atomic E-state index is 4.55. The van der Waals surface area contributed by atoms with Crippen LogP contribution in [0.3, 0.4) is 0 Å². The zero-order valence-electron chi connectivity index (χ0n) is 22.8. The van der Waals surface area contributed by atoms with Crippen LogP contribution in [0.1, 0.15) is 22.3 Å². The van der Waals surface area contributed by atoms with E-state index in [4.69, 9.17) is 0 Å². The molecular formula is C36H36P2. The van der Waals surface area contributed by atoms with Crippen molar-refractivity contribution < 1.29 is 0 Å². The zero-order chi connectivity index (χ0) is 26.6. The van der Waals surface area contributed by atoms with Crippen LogP contribution in [-0.4, -0.2) is 11.8 Å². The van der Waals surface area contributed by atoms with E-state index in [0.717, 1.165) is 6.16 Å². The van der Waals surface area contributed by atoms with Crippen LogP contribution in [0.25, 0.3) is 0 Å². The first-order valence-electron chi connectivity index (χ1n) is 13.3. The Morgan fingerprint density at radius 3 is 1.21 bits per heavy atom. The largest absolute Gasteiger partial charge is 0.114 e. The highest BCUT2D eigenvalue weighted by Gasteiger charge is 2.28. The summed E-state index contributed by atoms with van der Waals surface area (Å²) in [7, 11) is 0. The van der Waals surface area contributed by atoms with Crippen molar-refractivity contribution in [3.8, 4) is 0 Å². The van der Waals surface area contributed by atoms with Crippen molar-refractivity contribution >= 4 is 40.2 Å². The molecule has 5 aromatic carbocycles. The summed E-state index contributed by atoms with van der Waals surface area (Å²) in [5.41, 5.74) is 5.53. The van der Waals surface area contributed by atoms with E-state index in [-0.39, 0.29) is 0 Å². The fraction of sp³-hybridized carbons (Fsp3) is 0.139. The summed E-state index contributed by atoms with van der Waals surface area (Å²) in [6.07, 6.45) is 0.966. The Morgan fingerprint density at radius 2 is 0.842 bits per heavy atom. The third-order valence-electron chi connectivity index (χ3n) is 7.55. The fourth-order valence-corrected chi connectivity index (χ4v) is 15.3. The molecule has 0 fully saturated rings. The molecule has 0 aromatic heterocycles. The lowest BCUT2D eigenvalue weighted by Gasteiger charge is -2.30. The van der Waals surface area contributed by atoms with Gasteiger partial charge in [0.05, 0.1) is 0 Å². The first kappa shape index (κ1) is 26.4. The summed E-state index contributed by atoms with van der Waals surface area (Å²) in [6.45, 7) is 5.08. The maximum absolute atomic E-state index is 4.55. The molecule has 0 radical (unpaired) electrons. The second-order valence-corrected chi connectivity index (χ2v) is 17.1. The topological polar surface area (TPSA) is 0 Å². The summed E-state index contributed by atoms with van der Waals surface area (Å²) in [5, 5.41) is 10.1. The van der Waals surface area contributed by atoms with Gasteiger partial charge in [-0.25, -0.2) is 0 Å². The van der Waals surface area contributed by atoms with E-state index in [1.165, 1.54) is 43.5 Å². The quantitative estimate of drug-likeness (QED) is 0.197. The van der Waals surface area contributed by atoms with Crippen molar-refractivity contribution in [2.45, 2.75) is 26.9 Å². The molecule has 0 unspecified atom stereocenters. The molecule has 190 valence electrons. The van der Waals surface area contributed by atoms with Gasteiger partial charge < -0.3 is 0 Å². The van der Waals surface area contributed by atoms with Gasteiger partial charge in [0.25, 0.3) is 0 Å². The van der Waals surface area contributed by atoms with Gasteiger partial charge in [0, 0.05) is 6.16 Å². The van der Waals surface area contributed by atoms with Crippen LogP contribution in [0.15, 0.2) is 133 Å². The van der Waals surface area contributed by atoms with Crippen LogP contribution >= 0.6 is 13.8 Å². The molecule has 0 heterocycles. The van der Waals surface area contributed by atoms with Gasteiger partial charge >= 0.3 is 0 Å². The van der Waals surface area contributed by atoms with Crippen molar-refractivity contribution in [1.82, 2.24) is 0 Å². The van der Waals surface area contributed by atoms with E-state index in [1.807, 2.05) is 0 Å². The maximum Gasteiger partial charge on any atom is 0.00722 e. The molecule has 0 bridgehead atoms. The van der Waals surface area contributed by atoms with Gasteiger partial charge in [-0.2, -0.15) is 0 Å². The van der Waals surface area contributed by atoms with Gasteiger partial charge in [-0.3, -0.25) is 0 Å². The van der Waals surface area contributed by atoms with Crippen LogP contribution in [0.4, 0.5) is 0 Å². The van der Waals surface area contributed by atoms with Crippen molar-refractivity contribution in [3.05, 3.63) is 156 Å². The Bertz CT molecular complexity index is 1530. The van der Waals surface area contributed by atoms with E-state index in [9.17, 15) is 0 Å². The number of aryl methyl sites for hydroxylation is 3. The number of hydrogen-bond donors (Lipinski definition) is 0. The minimum Gasteiger partial charge on any atom is -0.114 e. The number of rotatable bonds is 6. The van der Waals surface area contributed by atoms with E-state index in [2.05, 4.69) is 166 Å². The molecule has 0 saturated heterocycles. The molecule has 0 spiro atoms. The van der Waals surface area contributed by atoms with Crippen LogP contribution in [0.5, 0.6) is 0 Å². The molecule has 0 saturated carbocycles. The lowest BCUT2D eigenvalue weighted by Crippen LogP contribution is -2.22. The average Bonchev–Trinajstić information content (AvgIpc) is 2.96. The summed E-state index contributed by atoms with van der Waals surface area (Å²) in [4.78, 5) is 0. The lowest BCUT2D eigenvalue weighted by molar-refractivity contribution is 1.21. The molecule has 5 rings (SSSR count). The summed E-state index contributed by atoms with van der Waals surface area (Å²) >= 11 is 0. The SMILES string of the molecule is Cc1cc(C)c(CP(=C=P(C)(c2ccccc2)c2ccccc2)(c2ccccc2)c2ccccc2)c(C)c1. The molecule has 0 aliphatic rings. The molecule has 0 aliphatic heterocycles. The first-order chi connectivity index (χ1) is 18.4. The molecule has 0 N–H and O–H groups in total. The average molecular weight is 531 g/mol. The third kappa shape index (κ3) is 5.19. The van der Waals surface area contributed by atoms with E-state index < -0.39 is 13.8 Å². The standard InChI is InChI=1S/C36H36P2/c1-29-25-30(2)36(31(3)26-29)27-38(34-21-13-7-14-22-34,35-23-15-8-16-24-35)28-37(4,32-17-9-5-10-18-32)33-19-11-6-12-20-33/h5-26H,27H2,1-4H3. The molecule has 38 heavy (non-hydrogen) atoms. The Balaban J connectivity index is 2.04. The number of hydrogen-bond acceptors (Lipinski definition) is 0. The predicted octanol–water partition coefficient (Wildman–Crippen LogP) is 7.72. The minimum atomic E-state index is -2.14. The van der Waals surface area contributed by atoms with Gasteiger partial charge in [0.15, 0.2) is 0 Å². The highest BCUT2D eigenvalue weighted by Crippen LogP contribution is 2.53. The van der Waals surface area contributed by atoms with Gasteiger partial charge in [-0.05, 0) is 79.1 Å². The monoisotopic (exact) mass is 530 g/mol. The number of benzene rings is 5. The highest BCUT2D eigenvalue weighted by atomic mass is 31.2. The van der Waals surface area contributed by atoms with Crippen LogP contribution in [0.2, 0.25) is 0 Å². The van der Waals surface area contributed by atoms with Crippen molar-refractivity contribution in [2.75, 3.05) is 6.66 Å². The molecule has 0 amide bonds. The molecule has 5 aromatic rings. The normalized spacial score (nSPS) is 11.7. The van der Waals surface area contributed by atoms with Gasteiger partial charge in [-0.1, -0.05) is 139 Å². The molecule has 0 aliphatic carbocycles. The fourth-order valence-electron chi connectivity index (χ4n) is 5.60. The highest BCUT2D eigenvalue weighted by molar-refractivity contribution is 8.00. The molecule has 0 nitrogen and oxygen atoms in total. The lowest BCUT2D eigenvalue weighted by atomic mass is 10.0. The third-order valence-corrected chi connectivity index (χ3v) is 16.3. The van der Waals surface area contributed by atoms with Gasteiger partial charge in [0.1, 0.15) is 0 Å². The summed E-state index contributed by atoms with van der Waals surface area (Å²) in [6, 6.07) is 49.3. The van der Waals surface area contributed by atoms with Gasteiger partial charge in [-0.15, -0.1) is 5.17 Å². The zero-order valence-corrected chi connectivity index (χ0v) is 24.6. The smallest absolute Gasteiger partial charge is 0.00722 e. The Hall–Kier alpha value is -3.26. The second kappa shape index (κ2) is 11.2. The Kier molecular flexibility index (Phi) is 7.79. The Morgan fingerprint density at radius 1 is 0.500 bits per heavy atom. The van der Waals surface area contributed by atoms with Crippen molar-refractivity contribution in [2.24, 2.45) is 0 Å². The van der Waals surface area contributed by atoms with Crippen LogP contribution in [-0.2, 0) is 6.16 Å². The Labute approximate surface area is 229 Å².